The number of amides is 2. The van der Waals surface area contributed by atoms with Crippen LogP contribution in [-0.2, 0) is 4.74 Å². The smallest absolute Gasteiger partial charge is 0.317 e. The molecule has 1 aliphatic heterocycles. The summed E-state index contributed by atoms with van der Waals surface area (Å²) in [7, 11) is 0. The van der Waals surface area contributed by atoms with E-state index in [0.717, 1.165) is 58.2 Å². The number of urea groups is 1. The van der Waals surface area contributed by atoms with Gasteiger partial charge in [0.1, 0.15) is 0 Å². The molecule has 1 heterocycles. The number of rotatable bonds is 5. The number of hydrogen-bond acceptors (Lipinski definition) is 2. The lowest BCUT2D eigenvalue weighted by molar-refractivity contribution is 0.0817. The lowest BCUT2D eigenvalue weighted by Crippen LogP contribution is -2.48. The van der Waals surface area contributed by atoms with Gasteiger partial charge in [-0.2, -0.15) is 0 Å². The maximum atomic E-state index is 12.5. The molecule has 0 spiro atoms. The summed E-state index contributed by atoms with van der Waals surface area (Å²) in [6.07, 6.45) is 6.88. The summed E-state index contributed by atoms with van der Waals surface area (Å²) < 4.78 is 5.67. The van der Waals surface area contributed by atoms with Crippen LogP contribution in [0.2, 0.25) is 0 Å². The highest BCUT2D eigenvalue weighted by Crippen LogP contribution is 2.32. The molecule has 0 aromatic heterocycles. The highest BCUT2D eigenvalue weighted by atomic mass is 16.5. The van der Waals surface area contributed by atoms with Crippen molar-refractivity contribution in [2.75, 3.05) is 19.7 Å². The normalized spacial score (nSPS) is 27.0. The number of nitrogens with one attached hydrogen (secondary N) is 1. The van der Waals surface area contributed by atoms with Gasteiger partial charge in [0.15, 0.2) is 0 Å². The third-order valence-electron chi connectivity index (χ3n) is 5.44. The molecular weight excluding hydrogens is 300 g/mol. The fraction of sp³-hybridized carbons (Fsp3) is 0.650. The minimum atomic E-state index is 0.0798. The first-order chi connectivity index (χ1) is 11.8. The van der Waals surface area contributed by atoms with Gasteiger partial charge in [-0.15, -0.1) is 0 Å². The topological polar surface area (TPSA) is 41.6 Å². The molecule has 1 N–H and O–H groups in total. The number of ether oxygens (including phenoxy) is 1. The van der Waals surface area contributed by atoms with Gasteiger partial charge in [0.25, 0.3) is 0 Å². The molecule has 0 bridgehead atoms. The van der Waals surface area contributed by atoms with Crippen molar-refractivity contribution in [3.05, 3.63) is 35.9 Å². The predicted molar refractivity (Wildman–Crippen MR) is 96.2 cm³/mol. The quantitative estimate of drug-likeness (QED) is 0.889. The maximum absolute atomic E-state index is 12.5. The Labute approximate surface area is 145 Å². The fourth-order valence-electron chi connectivity index (χ4n) is 3.95. The zero-order chi connectivity index (χ0) is 16.8. The van der Waals surface area contributed by atoms with Crippen LogP contribution in [0, 0.1) is 0 Å². The van der Waals surface area contributed by atoms with Gasteiger partial charge >= 0.3 is 6.03 Å². The number of benzene rings is 1. The Morgan fingerprint density at radius 2 is 1.92 bits per heavy atom. The van der Waals surface area contributed by atoms with Gasteiger partial charge in [0.2, 0.25) is 0 Å². The van der Waals surface area contributed by atoms with E-state index in [0.29, 0.717) is 12.0 Å². The molecule has 1 saturated carbocycles. The SMILES string of the molecule is CCN(CC1CCCO1)C(=O)NC1CCC(c2ccccc2)CC1. The van der Waals surface area contributed by atoms with Crippen LogP contribution in [0.15, 0.2) is 30.3 Å². The maximum Gasteiger partial charge on any atom is 0.317 e. The molecule has 4 nitrogen and oxygen atoms in total. The van der Waals surface area contributed by atoms with Crippen molar-refractivity contribution >= 4 is 6.03 Å². The van der Waals surface area contributed by atoms with Gasteiger partial charge < -0.3 is 15.0 Å². The molecule has 3 rings (SSSR count). The molecule has 1 aromatic rings. The molecule has 132 valence electrons. The van der Waals surface area contributed by atoms with Crippen LogP contribution >= 0.6 is 0 Å². The van der Waals surface area contributed by atoms with Gasteiger partial charge in [-0.1, -0.05) is 30.3 Å². The van der Waals surface area contributed by atoms with Crippen LogP contribution in [0.4, 0.5) is 4.79 Å². The number of nitrogens with zero attached hydrogens (tertiary/aromatic N) is 1. The average Bonchev–Trinajstić information content (AvgIpc) is 3.14. The fourth-order valence-corrected chi connectivity index (χ4v) is 3.95. The molecule has 2 aliphatic rings. The first-order valence-corrected chi connectivity index (χ1v) is 9.48. The number of carbonyl (C=O) groups excluding carboxylic acids is 1. The molecule has 0 radical (unpaired) electrons. The number of likely N-dealkylation sites (N-methyl/N-ethyl adjacent to an activating group) is 1. The minimum Gasteiger partial charge on any atom is -0.376 e. The third-order valence-corrected chi connectivity index (χ3v) is 5.44. The van der Waals surface area contributed by atoms with Crippen molar-refractivity contribution in [2.24, 2.45) is 0 Å². The Kier molecular flexibility index (Phi) is 6.13. The van der Waals surface area contributed by atoms with E-state index in [4.69, 9.17) is 4.74 Å². The van der Waals surface area contributed by atoms with Crippen molar-refractivity contribution in [3.8, 4) is 0 Å². The standard InChI is InChI=1S/C20H30N2O2/c1-2-22(15-19-9-6-14-24-19)20(23)21-18-12-10-17(11-13-18)16-7-4-3-5-8-16/h3-5,7-8,17-19H,2,6,9-15H2,1H3,(H,21,23). The Hall–Kier alpha value is -1.55. The Morgan fingerprint density at radius 1 is 1.17 bits per heavy atom. The highest BCUT2D eigenvalue weighted by molar-refractivity contribution is 5.74. The Bertz CT molecular complexity index is 506. The first-order valence-electron chi connectivity index (χ1n) is 9.48. The van der Waals surface area contributed by atoms with Crippen LogP contribution < -0.4 is 5.32 Å². The van der Waals surface area contributed by atoms with E-state index in [1.165, 1.54) is 5.56 Å². The molecule has 2 fully saturated rings. The summed E-state index contributed by atoms with van der Waals surface area (Å²) >= 11 is 0. The highest BCUT2D eigenvalue weighted by Gasteiger charge is 2.26. The summed E-state index contributed by atoms with van der Waals surface area (Å²) in [6.45, 7) is 4.35. The van der Waals surface area contributed by atoms with Gasteiger partial charge in [-0.05, 0) is 56.9 Å². The summed E-state index contributed by atoms with van der Waals surface area (Å²) in [5.41, 5.74) is 1.44. The van der Waals surface area contributed by atoms with E-state index in [-0.39, 0.29) is 12.1 Å². The van der Waals surface area contributed by atoms with Crippen molar-refractivity contribution < 1.29 is 9.53 Å². The van der Waals surface area contributed by atoms with E-state index in [1.54, 1.807) is 0 Å². The van der Waals surface area contributed by atoms with E-state index < -0.39 is 0 Å². The van der Waals surface area contributed by atoms with E-state index >= 15 is 0 Å². The second kappa shape index (κ2) is 8.52. The van der Waals surface area contributed by atoms with Crippen molar-refractivity contribution in [1.29, 1.82) is 0 Å². The molecular formula is C20H30N2O2. The Morgan fingerprint density at radius 3 is 2.54 bits per heavy atom. The van der Waals surface area contributed by atoms with Crippen LogP contribution in [0.1, 0.15) is 56.9 Å². The second-order valence-electron chi connectivity index (χ2n) is 7.08. The van der Waals surface area contributed by atoms with Crippen molar-refractivity contribution in [1.82, 2.24) is 10.2 Å². The second-order valence-corrected chi connectivity index (χ2v) is 7.08. The first kappa shape index (κ1) is 17.3. The van der Waals surface area contributed by atoms with Crippen molar-refractivity contribution in [2.45, 2.75) is 63.5 Å². The molecule has 2 amide bonds. The molecule has 4 heteroatoms. The van der Waals surface area contributed by atoms with Crippen LogP contribution in [0.3, 0.4) is 0 Å². The van der Waals surface area contributed by atoms with Gasteiger partial charge in [-0.25, -0.2) is 4.79 Å². The Balaban J connectivity index is 1.45. The molecule has 1 unspecified atom stereocenters. The summed E-state index contributed by atoms with van der Waals surface area (Å²) in [4.78, 5) is 14.4. The van der Waals surface area contributed by atoms with Crippen LogP contribution in [0.5, 0.6) is 0 Å². The largest absolute Gasteiger partial charge is 0.376 e. The van der Waals surface area contributed by atoms with E-state index in [2.05, 4.69) is 35.6 Å². The third kappa shape index (κ3) is 4.50. The molecule has 1 saturated heterocycles. The zero-order valence-corrected chi connectivity index (χ0v) is 14.7. The van der Waals surface area contributed by atoms with Crippen LogP contribution in [0.25, 0.3) is 0 Å². The lowest BCUT2D eigenvalue weighted by atomic mass is 9.82. The minimum absolute atomic E-state index is 0.0798. The number of hydrogen-bond donors (Lipinski definition) is 1. The van der Waals surface area contributed by atoms with Crippen LogP contribution in [-0.4, -0.2) is 42.8 Å². The molecule has 24 heavy (non-hydrogen) atoms. The zero-order valence-electron chi connectivity index (χ0n) is 14.7. The van der Waals surface area contributed by atoms with Crippen molar-refractivity contribution in [3.63, 3.8) is 0 Å². The predicted octanol–water partition coefficient (Wildman–Crippen LogP) is 3.92. The van der Waals surface area contributed by atoms with Gasteiger partial charge in [-0.3, -0.25) is 0 Å². The van der Waals surface area contributed by atoms with Gasteiger partial charge in [0.05, 0.1) is 6.10 Å². The van der Waals surface area contributed by atoms with E-state index in [9.17, 15) is 4.79 Å². The monoisotopic (exact) mass is 330 g/mol. The molecule has 1 aliphatic carbocycles. The molecule has 1 atom stereocenters. The number of carbonyl (C=O) groups is 1. The lowest BCUT2D eigenvalue weighted by Gasteiger charge is -2.32. The van der Waals surface area contributed by atoms with Gasteiger partial charge in [0, 0.05) is 25.7 Å². The molecule has 1 aromatic carbocycles. The summed E-state index contributed by atoms with van der Waals surface area (Å²) in [5, 5.41) is 3.25. The average molecular weight is 330 g/mol. The van der Waals surface area contributed by atoms with E-state index in [1.807, 2.05) is 11.8 Å². The summed E-state index contributed by atoms with van der Waals surface area (Å²) in [5.74, 6) is 0.647. The summed E-state index contributed by atoms with van der Waals surface area (Å²) in [6, 6.07) is 11.2.